The average molecular weight is 310 g/mol. The van der Waals surface area contributed by atoms with E-state index in [1.165, 1.54) is 13.3 Å². The second-order valence-corrected chi connectivity index (χ2v) is 4.22. The smallest absolute Gasteiger partial charge is 0.417 e. The van der Waals surface area contributed by atoms with Crippen LogP contribution in [0.3, 0.4) is 0 Å². The lowest BCUT2D eigenvalue weighted by Crippen LogP contribution is -1.93. The molecule has 0 saturated carbocycles. The minimum absolute atomic E-state index is 0.0853. The molecule has 2 heterocycles. The number of nitrogens with zero attached hydrogens (tertiary/aromatic N) is 6. The summed E-state index contributed by atoms with van der Waals surface area (Å²) < 4.78 is 9.74. The molecule has 0 fully saturated rings. The molecule has 10 heteroatoms. The zero-order valence-electron chi connectivity index (χ0n) is 11.9. The number of nitrogens with one attached hydrogen (secondary N) is 2. The summed E-state index contributed by atoms with van der Waals surface area (Å²) in [5, 5.41) is 29.1. The molecule has 0 saturated heterocycles. The van der Waals surface area contributed by atoms with Crippen molar-refractivity contribution >= 4 is 11.3 Å². The van der Waals surface area contributed by atoms with Crippen LogP contribution in [0.1, 0.15) is 5.82 Å². The Labute approximate surface area is 129 Å². The predicted octanol–water partition coefficient (Wildman–Crippen LogP) is 1.23. The van der Waals surface area contributed by atoms with Crippen LogP contribution in [0.5, 0.6) is 6.08 Å². The highest BCUT2D eigenvalue weighted by molar-refractivity contribution is 5.74. The molecule has 3 aromatic rings. The van der Waals surface area contributed by atoms with Crippen molar-refractivity contribution in [2.45, 2.75) is 0 Å². The molecular weight excluding hydrogens is 300 g/mol. The fraction of sp³-hybridized carbons (Fsp3) is 0.0769. The monoisotopic (exact) mass is 310 g/mol. The third-order valence-corrected chi connectivity index (χ3v) is 2.79. The van der Waals surface area contributed by atoms with Gasteiger partial charge in [0.15, 0.2) is 0 Å². The molecule has 0 amide bonds. The number of methoxy groups -OCH3 is 1. The lowest BCUT2D eigenvalue weighted by molar-refractivity contribution is 0.250. The first kappa shape index (κ1) is 14.2. The number of hydrogen-bond acceptors (Lipinski definition) is 9. The van der Waals surface area contributed by atoms with Gasteiger partial charge < -0.3 is 10.1 Å². The molecule has 2 N–H and O–H groups in total. The highest BCUT2D eigenvalue weighted by Gasteiger charge is 2.09. The normalized spacial score (nSPS) is 11.0. The number of H-pyrrole nitrogens is 1. The minimum Gasteiger partial charge on any atom is -0.452 e. The maximum atomic E-state index is 9.11. The van der Waals surface area contributed by atoms with Crippen LogP contribution >= 0.6 is 0 Å². The minimum atomic E-state index is 0.0853. The van der Waals surface area contributed by atoms with Crippen LogP contribution in [0.4, 0.5) is 5.69 Å². The second-order valence-electron chi connectivity index (χ2n) is 4.22. The number of benzene rings is 1. The molecule has 2 aromatic heterocycles. The molecular formula is C13H10N8O2. The van der Waals surface area contributed by atoms with Gasteiger partial charge in [-0.05, 0) is 17.3 Å². The van der Waals surface area contributed by atoms with Crippen LogP contribution in [0.15, 0.2) is 35.0 Å². The topological polar surface area (TPSA) is 138 Å². The fourth-order valence-corrected chi connectivity index (χ4v) is 1.74. The quantitative estimate of drug-likeness (QED) is 0.666. The Morgan fingerprint density at radius 2 is 2.39 bits per heavy atom. The van der Waals surface area contributed by atoms with Crippen LogP contribution < -0.4 is 10.1 Å². The molecule has 0 aliphatic heterocycles. The van der Waals surface area contributed by atoms with E-state index in [4.69, 9.17) is 14.5 Å². The molecule has 0 aliphatic carbocycles. The number of rotatable bonds is 5. The first-order valence-corrected chi connectivity index (χ1v) is 6.39. The summed E-state index contributed by atoms with van der Waals surface area (Å²) in [6.07, 6.45) is 1.57. The number of nitriles is 1. The van der Waals surface area contributed by atoms with Gasteiger partial charge in [0.1, 0.15) is 11.6 Å². The molecule has 0 spiro atoms. The molecule has 10 nitrogen and oxygen atoms in total. The van der Waals surface area contributed by atoms with Gasteiger partial charge >= 0.3 is 6.08 Å². The standard InChI is InChI=1S/C13H10N8O2/c1-22-13-16-11(19-23-13)8-3-2-4-10(5-8)15-7-9(6-14)12-17-20-21-18-12/h2-5,7,15H,1H3,(H,17,18,20,21). The molecule has 0 unspecified atom stereocenters. The van der Waals surface area contributed by atoms with Crippen LogP contribution in [0.2, 0.25) is 0 Å². The number of aromatic nitrogens is 6. The maximum Gasteiger partial charge on any atom is 0.417 e. The molecule has 3 rings (SSSR count). The first-order valence-electron chi connectivity index (χ1n) is 6.39. The average Bonchev–Trinajstić information content (AvgIpc) is 3.27. The summed E-state index contributed by atoms with van der Waals surface area (Å²) >= 11 is 0. The SMILES string of the molecule is COc1nc(-c2cccc(NC=C(C#N)c3nn[nH]n3)c2)no1. The molecule has 0 aliphatic rings. The van der Waals surface area contributed by atoms with E-state index in [0.29, 0.717) is 5.82 Å². The third kappa shape index (κ3) is 3.13. The number of ether oxygens (including phenoxy) is 1. The number of allylic oxidation sites excluding steroid dienone is 1. The van der Waals surface area contributed by atoms with Gasteiger partial charge in [0.25, 0.3) is 0 Å². The molecule has 0 bridgehead atoms. The summed E-state index contributed by atoms with van der Waals surface area (Å²) in [6, 6.07) is 9.25. The second kappa shape index (κ2) is 6.35. The van der Waals surface area contributed by atoms with Crippen molar-refractivity contribution in [3.8, 4) is 23.5 Å². The third-order valence-electron chi connectivity index (χ3n) is 2.79. The van der Waals surface area contributed by atoms with Crippen molar-refractivity contribution in [3.05, 3.63) is 36.3 Å². The molecule has 0 atom stereocenters. The van der Waals surface area contributed by atoms with Gasteiger partial charge in [-0.25, -0.2) is 0 Å². The molecule has 23 heavy (non-hydrogen) atoms. The van der Waals surface area contributed by atoms with Crippen molar-refractivity contribution in [2.75, 3.05) is 12.4 Å². The Bertz CT molecular complexity index is 862. The van der Waals surface area contributed by atoms with Crippen molar-refractivity contribution in [2.24, 2.45) is 0 Å². The highest BCUT2D eigenvalue weighted by atomic mass is 16.6. The van der Waals surface area contributed by atoms with Crippen LogP contribution in [-0.2, 0) is 0 Å². The molecule has 114 valence electrons. The predicted molar refractivity (Wildman–Crippen MR) is 77.7 cm³/mol. The zero-order chi connectivity index (χ0) is 16.1. The fourth-order valence-electron chi connectivity index (χ4n) is 1.74. The molecule has 1 aromatic carbocycles. The van der Waals surface area contributed by atoms with E-state index in [2.05, 4.69) is 36.1 Å². The van der Waals surface area contributed by atoms with Crippen molar-refractivity contribution in [1.29, 1.82) is 5.26 Å². The van der Waals surface area contributed by atoms with Gasteiger partial charge in [0.05, 0.1) is 7.11 Å². The maximum absolute atomic E-state index is 9.11. The largest absolute Gasteiger partial charge is 0.452 e. The van der Waals surface area contributed by atoms with Crippen molar-refractivity contribution in [1.82, 2.24) is 30.8 Å². The molecule has 0 radical (unpaired) electrons. The Hall–Kier alpha value is -3.74. The van der Waals surface area contributed by atoms with E-state index in [-0.39, 0.29) is 17.5 Å². The van der Waals surface area contributed by atoms with E-state index in [1.807, 2.05) is 24.3 Å². The van der Waals surface area contributed by atoms with Gasteiger partial charge in [0, 0.05) is 17.5 Å². The number of hydrogen-bond donors (Lipinski definition) is 2. The summed E-state index contributed by atoms with van der Waals surface area (Å²) in [5.74, 6) is 0.604. The zero-order valence-corrected chi connectivity index (χ0v) is 11.9. The van der Waals surface area contributed by atoms with Gasteiger partial charge in [-0.2, -0.15) is 15.5 Å². The summed E-state index contributed by atoms with van der Waals surface area (Å²) in [4.78, 5) is 4.06. The van der Waals surface area contributed by atoms with Crippen molar-refractivity contribution < 1.29 is 9.26 Å². The van der Waals surface area contributed by atoms with E-state index in [0.717, 1.165) is 11.3 Å². The Kier molecular flexibility index (Phi) is 3.92. The van der Waals surface area contributed by atoms with Gasteiger partial charge in [0.2, 0.25) is 11.6 Å². The Balaban J connectivity index is 1.81. The van der Waals surface area contributed by atoms with E-state index in [1.54, 1.807) is 6.07 Å². The number of tetrazole rings is 1. The first-order chi connectivity index (χ1) is 11.3. The summed E-state index contributed by atoms with van der Waals surface area (Å²) in [6.45, 7) is 0. The summed E-state index contributed by atoms with van der Waals surface area (Å²) in [7, 11) is 1.45. The lowest BCUT2D eigenvalue weighted by atomic mass is 10.2. The van der Waals surface area contributed by atoms with E-state index in [9.17, 15) is 0 Å². The van der Waals surface area contributed by atoms with Gasteiger partial charge in [-0.15, -0.1) is 10.2 Å². The number of anilines is 1. The van der Waals surface area contributed by atoms with E-state index < -0.39 is 0 Å². The highest BCUT2D eigenvalue weighted by Crippen LogP contribution is 2.22. The van der Waals surface area contributed by atoms with Crippen LogP contribution in [-0.4, -0.2) is 37.9 Å². The Morgan fingerprint density at radius 1 is 1.48 bits per heavy atom. The van der Waals surface area contributed by atoms with Crippen molar-refractivity contribution in [3.63, 3.8) is 0 Å². The lowest BCUT2D eigenvalue weighted by Gasteiger charge is -2.02. The van der Waals surface area contributed by atoms with Gasteiger partial charge in [-0.1, -0.05) is 17.3 Å². The number of aromatic amines is 1. The Morgan fingerprint density at radius 3 is 3.09 bits per heavy atom. The van der Waals surface area contributed by atoms with Gasteiger partial charge in [-0.3, -0.25) is 4.52 Å². The summed E-state index contributed by atoms with van der Waals surface area (Å²) in [5.41, 5.74) is 1.70. The van der Waals surface area contributed by atoms with Crippen LogP contribution in [0.25, 0.3) is 17.0 Å². The van der Waals surface area contributed by atoms with E-state index >= 15 is 0 Å². The van der Waals surface area contributed by atoms with Crippen LogP contribution in [0, 0.1) is 11.3 Å².